The SMILES string of the molecule is CCOc1cc(/C=C(\C#N)C(=O)Nc2cccc(C)c2)ccc1Cc1ccccc1F. The summed E-state index contributed by atoms with van der Waals surface area (Å²) in [5.74, 6) is -0.161. The van der Waals surface area contributed by atoms with Crippen LogP contribution in [0.4, 0.5) is 10.1 Å². The van der Waals surface area contributed by atoms with Gasteiger partial charge in [-0.3, -0.25) is 4.79 Å². The van der Waals surface area contributed by atoms with Crippen molar-refractivity contribution < 1.29 is 13.9 Å². The zero-order valence-electron chi connectivity index (χ0n) is 17.5. The number of halogens is 1. The Kier molecular flexibility index (Phi) is 7.18. The van der Waals surface area contributed by atoms with Crippen molar-refractivity contribution in [3.8, 4) is 11.8 Å². The molecule has 0 unspecified atom stereocenters. The van der Waals surface area contributed by atoms with E-state index in [0.29, 0.717) is 35.6 Å². The summed E-state index contributed by atoms with van der Waals surface area (Å²) in [5.41, 5.74) is 3.66. The van der Waals surface area contributed by atoms with E-state index >= 15 is 0 Å². The van der Waals surface area contributed by atoms with E-state index in [-0.39, 0.29) is 11.4 Å². The highest BCUT2D eigenvalue weighted by Crippen LogP contribution is 2.26. The number of nitrogens with one attached hydrogen (secondary N) is 1. The highest BCUT2D eigenvalue weighted by atomic mass is 19.1. The number of hydrogen-bond donors (Lipinski definition) is 1. The fourth-order valence-electron chi connectivity index (χ4n) is 3.18. The summed E-state index contributed by atoms with van der Waals surface area (Å²) < 4.78 is 19.8. The van der Waals surface area contributed by atoms with E-state index in [4.69, 9.17) is 4.74 Å². The maximum Gasteiger partial charge on any atom is 0.266 e. The van der Waals surface area contributed by atoms with E-state index in [1.165, 1.54) is 12.1 Å². The van der Waals surface area contributed by atoms with Crippen molar-refractivity contribution in [1.29, 1.82) is 5.26 Å². The van der Waals surface area contributed by atoms with Gasteiger partial charge in [0.15, 0.2) is 0 Å². The van der Waals surface area contributed by atoms with E-state index in [0.717, 1.165) is 11.1 Å². The Morgan fingerprint density at radius 2 is 1.90 bits per heavy atom. The molecule has 0 atom stereocenters. The first kappa shape index (κ1) is 21.8. The van der Waals surface area contributed by atoms with Crippen LogP contribution in [0.25, 0.3) is 6.08 Å². The Hall–Kier alpha value is -3.91. The summed E-state index contributed by atoms with van der Waals surface area (Å²) in [6.07, 6.45) is 1.89. The van der Waals surface area contributed by atoms with Crippen molar-refractivity contribution in [2.75, 3.05) is 11.9 Å². The molecule has 0 fully saturated rings. The Bertz CT molecular complexity index is 1160. The molecule has 1 amide bonds. The number of aryl methyl sites for hydroxylation is 1. The normalized spacial score (nSPS) is 11.0. The Balaban J connectivity index is 1.86. The molecule has 0 heterocycles. The third kappa shape index (κ3) is 5.80. The number of carbonyl (C=O) groups excluding carboxylic acids is 1. The maximum atomic E-state index is 14.1. The number of anilines is 1. The minimum atomic E-state index is -0.485. The molecule has 0 saturated carbocycles. The van der Waals surface area contributed by atoms with Crippen LogP contribution in [0.15, 0.2) is 72.3 Å². The first-order valence-electron chi connectivity index (χ1n) is 9.99. The van der Waals surface area contributed by atoms with Crippen molar-refractivity contribution >= 4 is 17.7 Å². The predicted octanol–water partition coefficient (Wildman–Crippen LogP) is 5.67. The highest BCUT2D eigenvalue weighted by Gasteiger charge is 2.12. The largest absolute Gasteiger partial charge is 0.494 e. The fraction of sp³-hybridized carbons (Fsp3) is 0.154. The molecule has 0 aromatic heterocycles. The summed E-state index contributed by atoms with van der Waals surface area (Å²) in [5, 5.41) is 12.2. The van der Waals surface area contributed by atoms with Gasteiger partial charge in [-0.25, -0.2) is 4.39 Å². The number of ether oxygens (including phenoxy) is 1. The summed E-state index contributed by atoms with van der Waals surface area (Å²) in [6, 6.07) is 21.3. The van der Waals surface area contributed by atoms with Crippen molar-refractivity contribution in [2.24, 2.45) is 0 Å². The van der Waals surface area contributed by atoms with Gasteiger partial charge >= 0.3 is 0 Å². The Morgan fingerprint density at radius 3 is 2.61 bits per heavy atom. The number of carbonyl (C=O) groups is 1. The van der Waals surface area contributed by atoms with E-state index in [1.54, 1.807) is 36.4 Å². The van der Waals surface area contributed by atoms with Gasteiger partial charge in [-0.15, -0.1) is 0 Å². The Labute approximate surface area is 181 Å². The van der Waals surface area contributed by atoms with Gasteiger partial charge in [0, 0.05) is 12.1 Å². The molecule has 0 aliphatic carbocycles. The van der Waals surface area contributed by atoms with Crippen LogP contribution in [-0.2, 0) is 11.2 Å². The van der Waals surface area contributed by atoms with Gasteiger partial charge in [0.2, 0.25) is 0 Å². The second-order valence-electron chi connectivity index (χ2n) is 7.06. The number of rotatable bonds is 7. The van der Waals surface area contributed by atoms with Gasteiger partial charge in [0.05, 0.1) is 6.61 Å². The lowest BCUT2D eigenvalue weighted by molar-refractivity contribution is -0.112. The molecular weight excluding hydrogens is 391 g/mol. The smallest absolute Gasteiger partial charge is 0.266 e. The molecule has 0 aliphatic heterocycles. The van der Waals surface area contributed by atoms with Crippen molar-refractivity contribution in [3.63, 3.8) is 0 Å². The topological polar surface area (TPSA) is 62.1 Å². The van der Waals surface area contributed by atoms with Crippen LogP contribution in [0.2, 0.25) is 0 Å². The Morgan fingerprint density at radius 1 is 1.10 bits per heavy atom. The summed E-state index contributed by atoms with van der Waals surface area (Å²) in [6.45, 7) is 4.23. The lowest BCUT2D eigenvalue weighted by atomic mass is 10.0. The second kappa shape index (κ2) is 10.2. The molecule has 3 rings (SSSR count). The third-order valence-corrected chi connectivity index (χ3v) is 4.68. The van der Waals surface area contributed by atoms with Gasteiger partial charge in [0.1, 0.15) is 23.2 Å². The van der Waals surface area contributed by atoms with Crippen LogP contribution in [0.1, 0.15) is 29.2 Å². The molecule has 0 aliphatic rings. The summed E-state index contributed by atoms with van der Waals surface area (Å²) in [4.78, 5) is 12.5. The maximum absolute atomic E-state index is 14.1. The first-order chi connectivity index (χ1) is 15.0. The van der Waals surface area contributed by atoms with Crippen LogP contribution in [-0.4, -0.2) is 12.5 Å². The molecule has 156 valence electrons. The van der Waals surface area contributed by atoms with Gasteiger partial charge in [-0.05, 0) is 66.4 Å². The molecular formula is C26H23FN2O2. The standard InChI is InChI=1S/C26H23FN2O2/c1-3-31-25-15-19(11-12-21(25)16-20-8-4-5-10-24(20)27)14-22(17-28)26(30)29-23-9-6-7-18(2)13-23/h4-15H,3,16H2,1-2H3,(H,29,30)/b22-14+. The van der Waals surface area contributed by atoms with E-state index < -0.39 is 5.91 Å². The van der Waals surface area contributed by atoms with Crippen LogP contribution >= 0.6 is 0 Å². The zero-order chi connectivity index (χ0) is 22.2. The number of benzene rings is 3. The minimum Gasteiger partial charge on any atom is -0.494 e. The molecule has 5 heteroatoms. The molecule has 0 radical (unpaired) electrons. The first-order valence-corrected chi connectivity index (χ1v) is 9.99. The van der Waals surface area contributed by atoms with Gasteiger partial charge in [-0.1, -0.05) is 42.5 Å². The van der Waals surface area contributed by atoms with Gasteiger partial charge in [0.25, 0.3) is 5.91 Å². The molecule has 0 bridgehead atoms. The van der Waals surface area contributed by atoms with E-state index in [2.05, 4.69) is 5.32 Å². The number of amides is 1. The average Bonchev–Trinajstić information content (AvgIpc) is 2.75. The average molecular weight is 414 g/mol. The quantitative estimate of drug-likeness (QED) is 0.400. The molecule has 3 aromatic carbocycles. The van der Waals surface area contributed by atoms with Crippen molar-refractivity contribution in [2.45, 2.75) is 20.3 Å². The lowest BCUT2D eigenvalue weighted by Gasteiger charge is -2.12. The van der Waals surface area contributed by atoms with Crippen LogP contribution < -0.4 is 10.1 Å². The third-order valence-electron chi connectivity index (χ3n) is 4.68. The van der Waals surface area contributed by atoms with Crippen molar-refractivity contribution in [1.82, 2.24) is 0 Å². The van der Waals surface area contributed by atoms with E-state index in [1.807, 2.05) is 44.2 Å². The molecule has 0 saturated heterocycles. The number of hydrogen-bond acceptors (Lipinski definition) is 3. The molecule has 1 N–H and O–H groups in total. The zero-order valence-corrected chi connectivity index (χ0v) is 17.5. The highest BCUT2D eigenvalue weighted by molar-refractivity contribution is 6.09. The number of nitriles is 1. The van der Waals surface area contributed by atoms with Crippen LogP contribution in [0, 0.1) is 24.1 Å². The molecule has 0 spiro atoms. The number of nitrogens with zero attached hydrogens (tertiary/aromatic N) is 1. The second-order valence-corrected chi connectivity index (χ2v) is 7.06. The van der Waals surface area contributed by atoms with Crippen molar-refractivity contribution in [3.05, 3.63) is 100 Å². The van der Waals surface area contributed by atoms with Gasteiger partial charge in [-0.2, -0.15) is 5.26 Å². The van der Waals surface area contributed by atoms with Crippen LogP contribution in [0.3, 0.4) is 0 Å². The lowest BCUT2D eigenvalue weighted by Crippen LogP contribution is -2.13. The summed E-state index contributed by atoms with van der Waals surface area (Å²) >= 11 is 0. The summed E-state index contributed by atoms with van der Waals surface area (Å²) in [7, 11) is 0. The monoisotopic (exact) mass is 414 g/mol. The minimum absolute atomic E-state index is 0.0224. The molecule has 31 heavy (non-hydrogen) atoms. The predicted molar refractivity (Wildman–Crippen MR) is 120 cm³/mol. The molecule has 3 aromatic rings. The van der Waals surface area contributed by atoms with Gasteiger partial charge < -0.3 is 10.1 Å². The van der Waals surface area contributed by atoms with Crippen LogP contribution in [0.5, 0.6) is 5.75 Å². The fourth-order valence-corrected chi connectivity index (χ4v) is 3.18. The van der Waals surface area contributed by atoms with E-state index in [9.17, 15) is 14.4 Å². The molecule has 4 nitrogen and oxygen atoms in total.